The molecular weight excluding hydrogens is 377 g/mol. The van der Waals surface area contributed by atoms with Gasteiger partial charge in [0, 0.05) is 3.57 Å². The fourth-order valence-electron chi connectivity index (χ4n) is 2.25. The van der Waals surface area contributed by atoms with Crippen molar-refractivity contribution in [3.05, 3.63) is 69.3 Å². The zero-order valence-electron chi connectivity index (χ0n) is 12.1. The number of rotatable bonds is 5. The van der Waals surface area contributed by atoms with E-state index in [4.69, 9.17) is 4.84 Å². The third-order valence-corrected chi connectivity index (χ3v) is 4.22. The standard InChI is InChI=1S/C17H18INO2/c1-13(12-14-8-4-3-5-9-14)19(21-2)17(20)15-10-6-7-11-16(15)18/h3-11,13H,12H2,1-2H3/t13-/m0/s1. The molecule has 4 heteroatoms. The van der Waals surface area contributed by atoms with Crippen LogP contribution in [0, 0.1) is 3.57 Å². The Bertz CT molecular complexity index is 601. The van der Waals surface area contributed by atoms with Crippen LogP contribution >= 0.6 is 22.6 Å². The van der Waals surface area contributed by atoms with E-state index in [1.54, 1.807) is 0 Å². The Hall–Kier alpha value is -1.40. The van der Waals surface area contributed by atoms with Crippen molar-refractivity contribution in [1.29, 1.82) is 0 Å². The van der Waals surface area contributed by atoms with E-state index in [2.05, 4.69) is 34.7 Å². The fourth-order valence-corrected chi connectivity index (χ4v) is 2.87. The van der Waals surface area contributed by atoms with E-state index in [1.807, 2.05) is 49.4 Å². The minimum Gasteiger partial charge on any atom is -0.274 e. The summed E-state index contributed by atoms with van der Waals surface area (Å²) in [6, 6.07) is 17.6. The molecule has 0 unspecified atom stereocenters. The number of hydrogen-bond acceptors (Lipinski definition) is 2. The third-order valence-electron chi connectivity index (χ3n) is 3.28. The van der Waals surface area contributed by atoms with Crippen LogP contribution in [0.3, 0.4) is 0 Å². The molecule has 0 aliphatic rings. The number of nitrogens with zero attached hydrogens (tertiary/aromatic N) is 1. The summed E-state index contributed by atoms with van der Waals surface area (Å²) in [5, 5.41) is 1.45. The Morgan fingerprint density at radius 1 is 1.14 bits per heavy atom. The molecule has 0 aliphatic carbocycles. The molecule has 0 saturated carbocycles. The van der Waals surface area contributed by atoms with E-state index in [-0.39, 0.29) is 11.9 Å². The lowest BCUT2D eigenvalue weighted by molar-refractivity contribution is -0.119. The average Bonchev–Trinajstić information content (AvgIpc) is 2.49. The lowest BCUT2D eigenvalue weighted by Gasteiger charge is -2.27. The second-order valence-corrected chi connectivity index (χ2v) is 5.99. The van der Waals surface area contributed by atoms with Gasteiger partial charge in [-0.25, -0.2) is 5.06 Å². The molecule has 2 rings (SSSR count). The van der Waals surface area contributed by atoms with Gasteiger partial charge in [0.15, 0.2) is 0 Å². The SMILES string of the molecule is CON(C(=O)c1ccccc1I)[C@@H](C)Cc1ccccc1. The van der Waals surface area contributed by atoms with Crippen LogP contribution in [0.1, 0.15) is 22.8 Å². The molecule has 110 valence electrons. The Kier molecular flexibility index (Phi) is 5.76. The topological polar surface area (TPSA) is 29.5 Å². The molecule has 0 N–H and O–H groups in total. The normalized spacial score (nSPS) is 12.0. The maximum absolute atomic E-state index is 12.6. The lowest BCUT2D eigenvalue weighted by Crippen LogP contribution is -2.39. The first-order valence-corrected chi connectivity index (χ1v) is 7.87. The first-order valence-electron chi connectivity index (χ1n) is 6.79. The summed E-state index contributed by atoms with van der Waals surface area (Å²) in [6.07, 6.45) is 0.754. The Morgan fingerprint density at radius 3 is 2.38 bits per heavy atom. The molecule has 3 nitrogen and oxygen atoms in total. The van der Waals surface area contributed by atoms with Crippen molar-refractivity contribution in [2.24, 2.45) is 0 Å². The van der Waals surface area contributed by atoms with Gasteiger partial charge in [-0.05, 0) is 53.6 Å². The quantitative estimate of drug-likeness (QED) is 0.567. The predicted octanol–water partition coefficient (Wildman–Crippen LogP) is 3.93. The highest BCUT2D eigenvalue weighted by Crippen LogP contribution is 2.17. The maximum Gasteiger partial charge on any atom is 0.278 e. The van der Waals surface area contributed by atoms with Crippen LogP contribution in [0.15, 0.2) is 54.6 Å². The van der Waals surface area contributed by atoms with Crippen molar-refractivity contribution < 1.29 is 9.63 Å². The van der Waals surface area contributed by atoms with Crippen LogP contribution in [-0.2, 0) is 11.3 Å². The van der Waals surface area contributed by atoms with Gasteiger partial charge in [0.25, 0.3) is 5.91 Å². The van der Waals surface area contributed by atoms with Crippen LogP contribution < -0.4 is 0 Å². The van der Waals surface area contributed by atoms with Gasteiger partial charge in [0.1, 0.15) is 0 Å². The summed E-state index contributed by atoms with van der Waals surface area (Å²) in [6.45, 7) is 1.99. The van der Waals surface area contributed by atoms with Crippen molar-refractivity contribution in [3.8, 4) is 0 Å². The maximum atomic E-state index is 12.6. The van der Waals surface area contributed by atoms with Gasteiger partial charge < -0.3 is 0 Å². The molecule has 2 aromatic rings. The van der Waals surface area contributed by atoms with Crippen molar-refractivity contribution >= 4 is 28.5 Å². The van der Waals surface area contributed by atoms with Crippen LogP contribution in [0.4, 0.5) is 0 Å². The first-order chi connectivity index (χ1) is 10.1. The number of halogens is 1. The van der Waals surface area contributed by atoms with Crippen LogP contribution in [0.5, 0.6) is 0 Å². The zero-order chi connectivity index (χ0) is 15.2. The van der Waals surface area contributed by atoms with E-state index in [0.717, 1.165) is 9.99 Å². The number of hydroxylamine groups is 2. The Balaban J connectivity index is 2.15. The van der Waals surface area contributed by atoms with Gasteiger partial charge in [-0.2, -0.15) is 0 Å². The van der Waals surface area contributed by atoms with Crippen LogP contribution in [-0.4, -0.2) is 24.1 Å². The number of amides is 1. The molecule has 0 fully saturated rings. The summed E-state index contributed by atoms with van der Waals surface area (Å²) >= 11 is 2.17. The monoisotopic (exact) mass is 395 g/mol. The Labute approximate surface area is 139 Å². The van der Waals surface area contributed by atoms with Crippen molar-refractivity contribution in [3.63, 3.8) is 0 Å². The summed E-state index contributed by atoms with van der Waals surface area (Å²) in [5.41, 5.74) is 1.85. The summed E-state index contributed by atoms with van der Waals surface area (Å²) in [7, 11) is 1.54. The van der Waals surface area contributed by atoms with E-state index < -0.39 is 0 Å². The number of benzene rings is 2. The molecule has 0 aliphatic heterocycles. The van der Waals surface area contributed by atoms with Crippen LogP contribution in [0.25, 0.3) is 0 Å². The predicted molar refractivity (Wildman–Crippen MR) is 91.9 cm³/mol. The minimum absolute atomic E-state index is 0.0408. The average molecular weight is 395 g/mol. The third kappa shape index (κ3) is 4.04. The minimum atomic E-state index is -0.106. The molecular formula is C17H18INO2. The van der Waals surface area contributed by atoms with E-state index in [9.17, 15) is 4.79 Å². The highest BCUT2D eigenvalue weighted by Gasteiger charge is 2.23. The second-order valence-electron chi connectivity index (χ2n) is 4.83. The first kappa shape index (κ1) is 16.0. The molecule has 0 spiro atoms. The molecule has 0 aromatic heterocycles. The van der Waals surface area contributed by atoms with Crippen molar-refractivity contribution in [2.75, 3.05) is 7.11 Å². The molecule has 1 amide bonds. The molecule has 0 radical (unpaired) electrons. The zero-order valence-corrected chi connectivity index (χ0v) is 14.3. The highest BCUT2D eigenvalue weighted by atomic mass is 127. The number of hydrogen-bond donors (Lipinski definition) is 0. The number of carbonyl (C=O) groups excluding carboxylic acids is 1. The lowest BCUT2D eigenvalue weighted by atomic mass is 10.1. The summed E-state index contributed by atoms with van der Waals surface area (Å²) < 4.78 is 0.925. The molecule has 0 heterocycles. The van der Waals surface area contributed by atoms with Gasteiger partial charge in [-0.1, -0.05) is 42.5 Å². The molecule has 2 aromatic carbocycles. The van der Waals surface area contributed by atoms with E-state index >= 15 is 0 Å². The molecule has 21 heavy (non-hydrogen) atoms. The molecule has 0 bridgehead atoms. The molecule has 0 saturated heterocycles. The summed E-state index contributed by atoms with van der Waals surface area (Å²) in [4.78, 5) is 18.0. The van der Waals surface area contributed by atoms with E-state index in [0.29, 0.717) is 5.56 Å². The smallest absolute Gasteiger partial charge is 0.274 e. The van der Waals surface area contributed by atoms with Gasteiger partial charge in [-0.15, -0.1) is 0 Å². The van der Waals surface area contributed by atoms with Crippen molar-refractivity contribution in [1.82, 2.24) is 5.06 Å². The van der Waals surface area contributed by atoms with Gasteiger partial charge in [0.2, 0.25) is 0 Å². The van der Waals surface area contributed by atoms with E-state index in [1.165, 1.54) is 17.7 Å². The Morgan fingerprint density at radius 2 is 1.76 bits per heavy atom. The fraction of sp³-hybridized carbons (Fsp3) is 0.235. The highest BCUT2D eigenvalue weighted by molar-refractivity contribution is 14.1. The van der Waals surface area contributed by atoms with Crippen LogP contribution in [0.2, 0.25) is 0 Å². The molecule has 1 atom stereocenters. The summed E-state index contributed by atoms with van der Waals surface area (Å²) in [5.74, 6) is -0.106. The van der Waals surface area contributed by atoms with Gasteiger partial charge in [-0.3, -0.25) is 9.63 Å². The largest absolute Gasteiger partial charge is 0.278 e. The number of carbonyl (C=O) groups is 1. The van der Waals surface area contributed by atoms with Crippen molar-refractivity contribution in [2.45, 2.75) is 19.4 Å². The van der Waals surface area contributed by atoms with Gasteiger partial charge >= 0.3 is 0 Å². The second kappa shape index (κ2) is 7.56. The van der Waals surface area contributed by atoms with Gasteiger partial charge in [0.05, 0.1) is 18.7 Å².